The summed E-state index contributed by atoms with van der Waals surface area (Å²) in [6.45, 7) is 2.23. The lowest BCUT2D eigenvalue weighted by Gasteiger charge is -2.08. The van der Waals surface area contributed by atoms with Crippen LogP contribution in [0.3, 0.4) is 0 Å². The molecule has 0 bridgehead atoms. The quantitative estimate of drug-likeness (QED) is 0.428. The average Bonchev–Trinajstić information content (AvgIpc) is 2.23. The molecular formula is C14H26O. The van der Waals surface area contributed by atoms with Gasteiger partial charge in [0, 0.05) is 6.42 Å². The van der Waals surface area contributed by atoms with E-state index in [9.17, 15) is 5.11 Å². The van der Waals surface area contributed by atoms with Crippen LogP contribution < -0.4 is 0 Å². The van der Waals surface area contributed by atoms with Crippen LogP contribution >= 0.6 is 0 Å². The van der Waals surface area contributed by atoms with Gasteiger partial charge in [-0.2, -0.15) is 0 Å². The maximum absolute atomic E-state index is 9.61. The molecule has 1 N–H and O–H groups in total. The van der Waals surface area contributed by atoms with Gasteiger partial charge in [-0.3, -0.25) is 0 Å². The van der Waals surface area contributed by atoms with Crippen LogP contribution in [-0.4, -0.2) is 11.2 Å². The summed E-state index contributed by atoms with van der Waals surface area (Å²) in [4.78, 5) is 0. The highest BCUT2D eigenvalue weighted by atomic mass is 16.3. The largest absolute Gasteiger partial charge is 0.393 e. The number of rotatable bonds is 10. The van der Waals surface area contributed by atoms with Crippen LogP contribution in [0.4, 0.5) is 0 Å². The lowest BCUT2D eigenvalue weighted by molar-refractivity contribution is 0.148. The van der Waals surface area contributed by atoms with Crippen LogP contribution in [0.15, 0.2) is 0 Å². The monoisotopic (exact) mass is 210 g/mol. The second-order valence-electron chi connectivity index (χ2n) is 4.31. The highest BCUT2D eigenvalue weighted by molar-refractivity contribution is 4.83. The van der Waals surface area contributed by atoms with Gasteiger partial charge in [0.15, 0.2) is 0 Å². The molecule has 0 fully saturated rings. The highest BCUT2D eigenvalue weighted by Crippen LogP contribution is 2.11. The van der Waals surface area contributed by atoms with Gasteiger partial charge < -0.3 is 5.11 Å². The van der Waals surface area contributed by atoms with E-state index in [4.69, 9.17) is 6.42 Å². The molecule has 0 aromatic carbocycles. The summed E-state index contributed by atoms with van der Waals surface area (Å²) in [7, 11) is 0. The third-order valence-corrected chi connectivity index (χ3v) is 2.75. The molecule has 15 heavy (non-hydrogen) atoms. The van der Waals surface area contributed by atoms with Gasteiger partial charge in [-0.1, -0.05) is 45.4 Å². The minimum absolute atomic E-state index is 0.121. The smallest absolute Gasteiger partial charge is 0.0540 e. The zero-order chi connectivity index (χ0) is 11.4. The summed E-state index contributed by atoms with van der Waals surface area (Å²) in [5.74, 6) is 2.60. The van der Waals surface area contributed by atoms with Gasteiger partial charge in [0.2, 0.25) is 0 Å². The number of aliphatic hydroxyl groups excluding tert-OH is 1. The standard InChI is InChI=1S/C14H26O/c1-3-5-7-8-9-11-13-14(15)12-10-6-4-2/h2,14-15H,3,5-13H2,1H3. The molecule has 0 rings (SSSR count). The molecular weight excluding hydrogens is 184 g/mol. The van der Waals surface area contributed by atoms with Crippen LogP contribution in [-0.2, 0) is 0 Å². The minimum atomic E-state index is -0.121. The topological polar surface area (TPSA) is 20.2 Å². The SMILES string of the molecule is C#CCCCC(O)CCCCCCCC. The van der Waals surface area contributed by atoms with Gasteiger partial charge in [-0.15, -0.1) is 12.3 Å². The van der Waals surface area contributed by atoms with Crippen molar-refractivity contribution >= 4 is 0 Å². The third kappa shape index (κ3) is 11.4. The molecule has 1 nitrogen and oxygen atoms in total. The summed E-state index contributed by atoms with van der Waals surface area (Å²) in [6, 6.07) is 0. The third-order valence-electron chi connectivity index (χ3n) is 2.75. The number of terminal acetylenes is 1. The molecule has 88 valence electrons. The summed E-state index contributed by atoms with van der Waals surface area (Å²) < 4.78 is 0. The minimum Gasteiger partial charge on any atom is -0.393 e. The molecule has 0 aliphatic heterocycles. The molecule has 0 aromatic rings. The van der Waals surface area contributed by atoms with Crippen LogP contribution in [0.25, 0.3) is 0 Å². The van der Waals surface area contributed by atoms with Crippen LogP contribution in [0.1, 0.15) is 71.1 Å². The Morgan fingerprint density at radius 2 is 1.60 bits per heavy atom. The first-order valence-electron chi connectivity index (χ1n) is 6.42. The van der Waals surface area contributed by atoms with Crippen molar-refractivity contribution in [1.29, 1.82) is 0 Å². The highest BCUT2D eigenvalue weighted by Gasteiger charge is 2.02. The molecule has 0 aromatic heterocycles. The Labute approximate surface area is 95.3 Å². The molecule has 0 heterocycles. The van der Waals surface area contributed by atoms with Crippen LogP contribution in [0.2, 0.25) is 0 Å². The maximum atomic E-state index is 9.61. The molecule has 1 unspecified atom stereocenters. The second kappa shape index (κ2) is 11.6. The second-order valence-corrected chi connectivity index (χ2v) is 4.31. The number of aliphatic hydroxyl groups is 1. The molecule has 0 saturated carbocycles. The van der Waals surface area contributed by atoms with Crippen molar-refractivity contribution in [1.82, 2.24) is 0 Å². The molecule has 0 amide bonds. The zero-order valence-corrected chi connectivity index (χ0v) is 10.2. The van der Waals surface area contributed by atoms with Gasteiger partial charge in [0.1, 0.15) is 0 Å². The fourth-order valence-corrected chi connectivity index (χ4v) is 1.74. The Bertz CT molecular complexity index is 157. The molecule has 0 radical (unpaired) electrons. The fourth-order valence-electron chi connectivity index (χ4n) is 1.74. The van der Waals surface area contributed by atoms with E-state index in [0.29, 0.717) is 0 Å². The van der Waals surface area contributed by atoms with Crippen molar-refractivity contribution in [2.24, 2.45) is 0 Å². The van der Waals surface area contributed by atoms with Gasteiger partial charge in [-0.25, -0.2) is 0 Å². The summed E-state index contributed by atoms with van der Waals surface area (Å²) >= 11 is 0. The van der Waals surface area contributed by atoms with Gasteiger partial charge in [-0.05, 0) is 19.3 Å². The van der Waals surface area contributed by atoms with Crippen molar-refractivity contribution in [3.05, 3.63) is 0 Å². The number of unbranched alkanes of at least 4 members (excludes halogenated alkanes) is 6. The lowest BCUT2D eigenvalue weighted by Crippen LogP contribution is -2.05. The van der Waals surface area contributed by atoms with E-state index in [1.165, 1.54) is 38.5 Å². The summed E-state index contributed by atoms with van der Waals surface area (Å²) in [6.07, 6.45) is 16.4. The molecule has 0 aliphatic carbocycles. The predicted molar refractivity (Wildman–Crippen MR) is 66.7 cm³/mol. The van der Waals surface area contributed by atoms with E-state index < -0.39 is 0 Å². The lowest BCUT2D eigenvalue weighted by atomic mass is 10.0. The van der Waals surface area contributed by atoms with Gasteiger partial charge in [0.25, 0.3) is 0 Å². The van der Waals surface area contributed by atoms with E-state index in [2.05, 4.69) is 12.8 Å². The first-order valence-corrected chi connectivity index (χ1v) is 6.42. The predicted octanol–water partition coefficient (Wildman–Crippen LogP) is 3.90. The van der Waals surface area contributed by atoms with Crippen molar-refractivity contribution < 1.29 is 5.11 Å². The average molecular weight is 210 g/mol. The normalized spacial score (nSPS) is 12.3. The zero-order valence-electron chi connectivity index (χ0n) is 10.2. The Morgan fingerprint density at radius 3 is 2.27 bits per heavy atom. The van der Waals surface area contributed by atoms with Gasteiger partial charge >= 0.3 is 0 Å². The van der Waals surface area contributed by atoms with Crippen LogP contribution in [0, 0.1) is 12.3 Å². The Morgan fingerprint density at radius 1 is 1.00 bits per heavy atom. The van der Waals surface area contributed by atoms with E-state index in [0.717, 1.165) is 25.7 Å². The maximum Gasteiger partial charge on any atom is 0.0540 e. The number of hydrogen-bond acceptors (Lipinski definition) is 1. The van der Waals surface area contributed by atoms with E-state index in [1.807, 2.05) is 0 Å². The van der Waals surface area contributed by atoms with Crippen molar-refractivity contribution in [3.8, 4) is 12.3 Å². The fraction of sp³-hybridized carbons (Fsp3) is 0.857. The summed E-state index contributed by atoms with van der Waals surface area (Å²) in [5.41, 5.74) is 0. The Kier molecular flexibility index (Phi) is 11.2. The Hall–Kier alpha value is -0.480. The number of hydrogen-bond donors (Lipinski definition) is 1. The van der Waals surface area contributed by atoms with Gasteiger partial charge in [0.05, 0.1) is 6.10 Å². The molecule has 1 atom stereocenters. The summed E-state index contributed by atoms with van der Waals surface area (Å²) in [5, 5.41) is 9.61. The molecule has 0 spiro atoms. The first-order chi connectivity index (χ1) is 7.31. The molecule has 0 saturated heterocycles. The van der Waals surface area contributed by atoms with E-state index in [-0.39, 0.29) is 6.10 Å². The Balaban J connectivity index is 3.10. The van der Waals surface area contributed by atoms with Crippen molar-refractivity contribution in [3.63, 3.8) is 0 Å². The van der Waals surface area contributed by atoms with Crippen molar-refractivity contribution in [2.45, 2.75) is 77.2 Å². The van der Waals surface area contributed by atoms with E-state index >= 15 is 0 Å². The molecule has 1 heteroatoms. The molecule has 0 aliphatic rings. The van der Waals surface area contributed by atoms with E-state index in [1.54, 1.807) is 0 Å². The van der Waals surface area contributed by atoms with Crippen molar-refractivity contribution in [2.75, 3.05) is 0 Å². The first kappa shape index (κ1) is 14.5. The van der Waals surface area contributed by atoms with Crippen LogP contribution in [0.5, 0.6) is 0 Å².